The van der Waals surface area contributed by atoms with Gasteiger partial charge in [0.2, 0.25) is 11.8 Å². The average molecular weight is 346 g/mol. The summed E-state index contributed by atoms with van der Waals surface area (Å²) in [6.07, 6.45) is -0.00390. The van der Waals surface area contributed by atoms with Crippen LogP contribution < -0.4 is 5.32 Å². The lowest BCUT2D eigenvalue weighted by molar-refractivity contribution is -0.139. The molecule has 0 aliphatic carbocycles. The van der Waals surface area contributed by atoms with Crippen LogP contribution in [0.1, 0.15) is 18.1 Å². The fourth-order valence-electron chi connectivity index (χ4n) is 2.48. The molecule has 6 heteroatoms. The predicted molar refractivity (Wildman–Crippen MR) is 90.6 cm³/mol. The molecule has 132 valence electrons. The SMILES string of the molecule is CNC(=O)C(C)N(Cc1ccccc1F)C(=O)Cc1ccc(F)cc1. The molecule has 1 unspecified atom stereocenters. The van der Waals surface area contributed by atoms with E-state index in [-0.39, 0.29) is 24.8 Å². The van der Waals surface area contributed by atoms with Gasteiger partial charge >= 0.3 is 0 Å². The molecule has 0 aromatic heterocycles. The fourth-order valence-corrected chi connectivity index (χ4v) is 2.48. The van der Waals surface area contributed by atoms with E-state index >= 15 is 0 Å². The number of carbonyl (C=O) groups excluding carboxylic acids is 2. The number of hydrogen-bond acceptors (Lipinski definition) is 2. The molecule has 0 radical (unpaired) electrons. The summed E-state index contributed by atoms with van der Waals surface area (Å²) in [6.45, 7) is 1.56. The second kappa shape index (κ2) is 8.37. The maximum atomic E-state index is 14.0. The first-order valence-electron chi connectivity index (χ1n) is 7.91. The topological polar surface area (TPSA) is 49.4 Å². The molecule has 0 bridgehead atoms. The normalized spacial score (nSPS) is 11.7. The van der Waals surface area contributed by atoms with E-state index in [9.17, 15) is 18.4 Å². The van der Waals surface area contributed by atoms with Gasteiger partial charge in [-0.15, -0.1) is 0 Å². The Kier molecular flexibility index (Phi) is 6.22. The van der Waals surface area contributed by atoms with Gasteiger partial charge in [0, 0.05) is 19.2 Å². The Bertz CT molecular complexity index is 747. The van der Waals surface area contributed by atoms with Crippen LogP contribution in [0.25, 0.3) is 0 Å². The number of halogens is 2. The Morgan fingerprint density at radius 1 is 1.08 bits per heavy atom. The van der Waals surface area contributed by atoms with Crippen molar-refractivity contribution in [2.75, 3.05) is 7.05 Å². The summed E-state index contributed by atoms with van der Waals surface area (Å²) in [6, 6.07) is 10.9. The van der Waals surface area contributed by atoms with E-state index in [1.165, 1.54) is 42.3 Å². The Morgan fingerprint density at radius 2 is 1.72 bits per heavy atom. The molecule has 0 saturated heterocycles. The highest BCUT2D eigenvalue weighted by molar-refractivity contribution is 5.88. The van der Waals surface area contributed by atoms with Crippen LogP contribution >= 0.6 is 0 Å². The third kappa shape index (κ3) is 4.86. The Morgan fingerprint density at radius 3 is 2.32 bits per heavy atom. The van der Waals surface area contributed by atoms with Gasteiger partial charge in [0.15, 0.2) is 0 Å². The molecular weight excluding hydrogens is 326 g/mol. The first kappa shape index (κ1) is 18.6. The monoisotopic (exact) mass is 346 g/mol. The molecule has 2 amide bonds. The second-order valence-corrected chi connectivity index (χ2v) is 5.71. The number of carbonyl (C=O) groups is 2. The first-order valence-corrected chi connectivity index (χ1v) is 7.91. The smallest absolute Gasteiger partial charge is 0.242 e. The zero-order valence-corrected chi connectivity index (χ0v) is 14.1. The minimum absolute atomic E-state index is 0.00390. The van der Waals surface area contributed by atoms with Crippen LogP contribution in [-0.4, -0.2) is 29.8 Å². The number of nitrogens with one attached hydrogen (secondary N) is 1. The first-order chi connectivity index (χ1) is 11.9. The summed E-state index contributed by atoms with van der Waals surface area (Å²) < 4.78 is 27.0. The predicted octanol–water partition coefficient (Wildman–Crippen LogP) is 2.67. The van der Waals surface area contributed by atoms with E-state index in [1.54, 1.807) is 25.1 Å². The van der Waals surface area contributed by atoms with Crippen molar-refractivity contribution in [2.45, 2.75) is 25.9 Å². The molecule has 2 rings (SSSR count). The van der Waals surface area contributed by atoms with Crippen molar-refractivity contribution in [3.63, 3.8) is 0 Å². The van der Waals surface area contributed by atoms with Gasteiger partial charge in [-0.1, -0.05) is 30.3 Å². The minimum Gasteiger partial charge on any atom is -0.357 e. The van der Waals surface area contributed by atoms with Gasteiger partial charge in [0.05, 0.1) is 6.42 Å². The Labute approximate surface area is 145 Å². The molecule has 0 heterocycles. The molecule has 1 N–H and O–H groups in total. The summed E-state index contributed by atoms with van der Waals surface area (Å²) in [4.78, 5) is 26.0. The quantitative estimate of drug-likeness (QED) is 0.874. The summed E-state index contributed by atoms with van der Waals surface area (Å²) in [7, 11) is 1.48. The number of benzene rings is 2. The number of likely N-dealkylation sites (N-methyl/N-ethyl adjacent to an activating group) is 1. The third-order valence-electron chi connectivity index (χ3n) is 3.98. The van der Waals surface area contributed by atoms with E-state index < -0.39 is 17.7 Å². The van der Waals surface area contributed by atoms with Gasteiger partial charge in [0.1, 0.15) is 17.7 Å². The molecule has 2 aromatic carbocycles. The Hall–Kier alpha value is -2.76. The van der Waals surface area contributed by atoms with Crippen molar-refractivity contribution in [2.24, 2.45) is 0 Å². The molecule has 0 saturated carbocycles. The van der Waals surface area contributed by atoms with Gasteiger partial charge in [0.25, 0.3) is 0 Å². The highest BCUT2D eigenvalue weighted by atomic mass is 19.1. The zero-order chi connectivity index (χ0) is 18.4. The van der Waals surface area contributed by atoms with Gasteiger partial charge < -0.3 is 10.2 Å². The standard InChI is InChI=1S/C19H20F2N2O2/c1-13(19(25)22-2)23(12-15-5-3-4-6-17(15)21)18(24)11-14-7-9-16(20)10-8-14/h3-10,13H,11-12H2,1-2H3,(H,22,25). The maximum Gasteiger partial charge on any atom is 0.242 e. The summed E-state index contributed by atoms with van der Waals surface area (Å²) in [5.41, 5.74) is 0.944. The molecule has 0 fully saturated rings. The summed E-state index contributed by atoms with van der Waals surface area (Å²) in [5, 5.41) is 2.50. The molecule has 2 aromatic rings. The highest BCUT2D eigenvalue weighted by Gasteiger charge is 2.26. The number of amides is 2. The summed E-state index contributed by atoms with van der Waals surface area (Å²) in [5.74, 6) is -1.51. The number of nitrogens with zero attached hydrogens (tertiary/aromatic N) is 1. The average Bonchev–Trinajstić information content (AvgIpc) is 2.61. The maximum absolute atomic E-state index is 14.0. The van der Waals surface area contributed by atoms with Crippen molar-refractivity contribution >= 4 is 11.8 Å². The van der Waals surface area contributed by atoms with Gasteiger partial charge in [-0.05, 0) is 30.7 Å². The van der Waals surface area contributed by atoms with Gasteiger partial charge in [-0.3, -0.25) is 9.59 Å². The van der Waals surface area contributed by atoms with Gasteiger partial charge in [-0.2, -0.15) is 0 Å². The number of hydrogen-bond donors (Lipinski definition) is 1. The van der Waals surface area contributed by atoms with Crippen LogP contribution in [0.15, 0.2) is 48.5 Å². The van der Waals surface area contributed by atoms with Crippen molar-refractivity contribution in [1.29, 1.82) is 0 Å². The van der Waals surface area contributed by atoms with Crippen molar-refractivity contribution in [3.05, 3.63) is 71.3 Å². The van der Waals surface area contributed by atoms with Crippen molar-refractivity contribution in [1.82, 2.24) is 10.2 Å². The third-order valence-corrected chi connectivity index (χ3v) is 3.98. The molecule has 4 nitrogen and oxygen atoms in total. The van der Waals surface area contributed by atoms with Crippen LogP contribution in [0, 0.1) is 11.6 Å². The molecule has 0 aliphatic rings. The van der Waals surface area contributed by atoms with E-state index in [2.05, 4.69) is 5.32 Å². The van der Waals surface area contributed by atoms with Crippen LogP contribution in [-0.2, 0) is 22.6 Å². The largest absolute Gasteiger partial charge is 0.357 e. The Balaban J connectivity index is 2.23. The molecular formula is C19H20F2N2O2. The lowest BCUT2D eigenvalue weighted by Gasteiger charge is -2.28. The van der Waals surface area contributed by atoms with Crippen molar-refractivity contribution in [3.8, 4) is 0 Å². The minimum atomic E-state index is -0.766. The zero-order valence-electron chi connectivity index (χ0n) is 14.1. The van der Waals surface area contributed by atoms with Crippen molar-refractivity contribution < 1.29 is 18.4 Å². The lowest BCUT2D eigenvalue weighted by Crippen LogP contribution is -2.47. The highest BCUT2D eigenvalue weighted by Crippen LogP contribution is 2.15. The van der Waals surface area contributed by atoms with Crippen LogP contribution in [0.2, 0.25) is 0 Å². The molecule has 0 spiro atoms. The van der Waals surface area contributed by atoms with Gasteiger partial charge in [-0.25, -0.2) is 8.78 Å². The molecule has 25 heavy (non-hydrogen) atoms. The van der Waals surface area contributed by atoms with E-state index in [4.69, 9.17) is 0 Å². The van der Waals surface area contributed by atoms with E-state index in [0.717, 1.165) is 0 Å². The van der Waals surface area contributed by atoms with Crippen LogP contribution in [0.3, 0.4) is 0 Å². The second-order valence-electron chi connectivity index (χ2n) is 5.71. The molecule has 0 aliphatic heterocycles. The van der Waals surface area contributed by atoms with E-state index in [1.807, 2.05) is 0 Å². The fraction of sp³-hybridized carbons (Fsp3) is 0.263. The lowest BCUT2D eigenvalue weighted by atomic mass is 10.1. The van der Waals surface area contributed by atoms with Crippen LogP contribution in [0.4, 0.5) is 8.78 Å². The molecule has 1 atom stereocenters. The van der Waals surface area contributed by atoms with Crippen LogP contribution in [0.5, 0.6) is 0 Å². The van der Waals surface area contributed by atoms with E-state index in [0.29, 0.717) is 11.1 Å². The number of rotatable bonds is 6. The summed E-state index contributed by atoms with van der Waals surface area (Å²) >= 11 is 0.